The van der Waals surface area contributed by atoms with Crippen LogP contribution in [0.5, 0.6) is 5.88 Å². The number of carbonyl (C=O) groups is 1. The van der Waals surface area contributed by atoms with Gasteiger partial charge < -0.3 is 9.64 Å². The molecule has 0 unspecified atom stereocenters. The summed E-state index contributed by atoms with van der Waals surface area (Å²) in [6, 6.07) is 7.54. The summed E-state index contributed by atoms with van der Waals surface area (Å²) in [4.78, 5) is 27.6. The molecule has 1 aromatic carbocycles. The summed E-state index contributed by atoms with van der Waals surface area (Å²) in [5, 5.41) is 11.0. The van der Waals surface area contributed by atoms with Crippen molar-refractivity contribution in [2.75, 3.05) is 13.1 Å². The fraction of sp³-hybridized carbons (Fsp3) is 0.294. The van der Waals surface area contributed by atoms with Crippen molar-refractivity contribution in [2.45, 2.75) is 19.2 Å². The topological polar surface area (TPSA) is 85.6 Å². The molecule has 0 N–H and O–H groups in total. The molecule has 0 bridgehead atoms. The van der Waals surface area contributed by atoms with Gasteiger partial charge in [-0.3, -0.25) is 14.9 Å². The van der Waals surface area contributed by atoms with Gasteiger partial charge >= 0.3 is 6.18 Å². The number of nitrogens with zero attached hydrogens (tertiary/aromatic N) is 3. The molecule has 3 rings (SSSR count). The zero-order valence-electron chi connectivity index (χ0n) is 14.1. The first-order chi connectivity index (χ1) is 12.6. The Balaban J connectivity index is 1.62. The van der Waals surface area contributed by atoms with E-state index in [9.17, 15) is 28.1 Å². The van der Waals surface area contributed by atoms with E-state index < -0.39 is 28.8 Å². The van der Waals surface area contributed by atoms with Crippen LogP contribution in [-0.4, -0.2) is 39.9 Å². The van der Waals surface area contributed by atoms with Crippen molar-refractivity contribution >= 4 is 11.6 Å². The number of halogens is 3. The maximum absolute atomic E-state index is 12.7. The maximum atomic E-state index is 12.7. The van der Waals surface area contributed by atoms with Gasteiger partial charge in [0.25, 0.3) is 11.6 Å². The summed E-state index contributed by atoms with van der Waals surface area (Å²) in [6.07, 6.45) is -5.06. The number of nitro benzene ring substituents is 1. The van der Waals surface area contributed by atoms with Gasteiger partial charge in [-0.1, -0.05) is 12.1 Å². The normalized spacial score (nSPS) is 14.6. The molecule has 2 heterocycles. The van der Waals surface area contributed by atoms with Crippen LogP contribution < -0.4 is 4.74 Å². The second-order valence-corrected chi connectivity index (χ2v) is 6.07. The fourth-order valence-corrected chi connectivity index (χ4v) is 2.61. The van der Waals surface area contributed by atoms with Crippen LogP contribution in [0.3, 0.4) is 0 Å². The van der Waals surface area contributed by atoms with E-state index >= 15 is 0 Å². The highest BCUT2D eigenvalue weighted by Crippen LogP contribution is 2.29. The summed E-state index contributed by atoms with van der Waals surface area (Å²) in [7, 11) is 0. The highest BCUT2D eigenvalue weighted by atomic mass is 19.4. The number of likely N-dealkylation sites (tertiary alicyclic amines) is 1. The molecule has 2 aromatic rings. The first-order valence-electron chi connectivity index (χ1n) is 7.90. The van der Waals surface area contributed by atoms with Crippen LogP contribution in [0.25, 0.3) is 0 Å². The zero-order chi connectivity index (χ0) is 19.8. The zero-order valence-corrected chi connectivity index (χ0v) is 14.1. The lowest BCUT2D eigenvalue weighted by Gasteiger charge is -2.38. The first-order valence-corrected chi connectivity index (χ1v) is 7.90. The van der Waals surface area contributed by atoms with Gasteiger partial charge in [0.15, 0.2) is 0 Å². The molecule has 1 amide bonds. The SMILES string of the molecule is Cc1ccc(C(=O)N2CC(Oc3cccc(C(F)(F)F)n3)C2)cc1[N+](=O)[O-]. The van der Waals surface area contributed by atoms with Crippen molar-refractivity contribution < 1.29 is 27.6 Å². The minimum Gasteiger partial charge on any atom is -0.471 e. The number of pyridine rings is 1. The summed E-state index contributed by atoms with van der Waals surface area (Å²) in [6.45, 7) is 1.87. The van der Waals surface area contributed by atoms with Crippen LogP contribution in [-0.2, 0) is 6.18 Å². The number of nitro groups is 1. The second kappa shape index (κ2) is 6.86. The number of hydrogen-bond donors (Lipinski definition) is 0. The number of benzene rings is 1. The number of aromatic nitrogens is 1. The van der Waals surface area contributed by atoms with Crippen LogP contribution in [0.4, 0.5) is 18.9 Å². The lowest BCUT2D eigenvalue weighted by atomic mass is 10.1. The Kier molecular flexibility index (Phi) is 4.73. The maximum Gasteiger partial charge on any atom is 0.433 e. The smallest absolute Gasteiger partial charge is 0.433 e. The molecular weight excluding hydrogens is 367 g/mol. The van der Waals surface area contributed by atoms with Gasteiger partial charge in [-0.25, -0.2) is 4.98 Å². The van der Waals surface area contributed by atoms with Gasteiger partial charge in [0.05, 0.1) is 18.0 Å². The van der Waals surface area contributed by atoms with Crippen molar-refractivity contribution in [3.05, 3.63) is 63.3 Å². The minimum atomic E-state index is -4.57. The Morgan fingerprint density at radius 1 is 1.30 bits per heavy atom. The van der Waals surface area contributed by atoms with Crippen LogP contribution in [0, 0.1) is 17.0 Å². The summed E-state index contributed by atoms with van der Waals surface area (Å²) >= 11 is 0. The highest BCUT2D eigenvalue weighted by molar-refractivity contribution is 5.95. The summed E-state index contributed by atoms with van der Waals surface area (Å²) < 4.78 is 43.3. The van der Waals surface area contributed by atoms with Crippen LogP contribution >= 0.6 is 0 Å². The third-order valence-corrected chi connectivity index (χ3v) is 4.09. The standard InChI is InChI=1S/C17H14F3N3O4/c1-10-5-6-11(7-13(10)23(25)26)16(24)22-8-12(9-22)27-15-4-2-3-14(21-15)17(18,19)20/h2-7,12H,8-9H2,1H3. The third-order valence-electron chi connectivity index (χ3n) is 4.09. The number of hydrogen-bond acceptors (Lipinski definition) is 5. The van der Waals surface area contributed by atoms with E-state index in [4.69, 9.17) is 4.74 Å². The molecule has 0 saturated carbocycles. The molecule has 0 radical (unpaired) electrons. The van der Waals surface area contributed by atoms with Crippen molar-refractivity contribution in [3.8, 4) is 5.88 Å². The molecule has 142 valence electrons. The summed E-state index contributed by atoms with van der Waals surface area (Å²) in [5.74, 6) is -0.581. The summed E-state index contributed by atoms with van der Waals surface area (Å²) in [5.41, 5.74) is -0.596. The van der Waals surface area contributed by atoms with Crippen molar-refractivity contribution in [1.29, 1.82) is 0 Å². The van der Waals surface area contributed by atoms with Crippen LogP contribution in [0.2, 0.25) is 0 Å². The van der Waals surface area contributed by atoms with Crippen molar-refractivity contribution in [3.63, 3.8) is 0 Å². The molecule has 0 aliphatic carbocycles. The number of rotatable bonds is 4. The van der Waals surface area contributed by atoms with E-state index in [-0.39, 0.29) is 30.2 Å². The number of ether oxygens (including phenoxy) is 1. The predicted molar refractivity (Wildman–Crippen MR) is 87.4 cm³/mol. The Labute approximate surface area is 151 Å². The van der Waals surface area contributed by atoms with E-state index in [2.05, 4.69) is 4.98 Å². The van der Waals surface area contributed by atoms with E-state index in [1.165, 1.54) is 35.2 Å². The molecule has 1 saturated heterocycles. The molecule has 0 spiro atoms. The quantitative estimate of drug-likeness (QED) is 0.600. The molecule has 0 atom stereocenters. The molecule has 10 heteroatoms. The van der Waals surface area contributed by atoms with Crippen LogP contribution in [0.1, 0.15) is 21.6 Å². The van der Waals surface area contributed by atoms with Gasteiger partial charge in [0.1, 0.15) is 11.8 Å². The molecule has 27 heavy (non-hydrogen) atoms. The monoisotopic (exact) mass is 381 g/mol. The third kappa shape index (κ3) is 3.99. The molecule has 1 fully saturated rings. The molecular formula is C17H14F3N3O4. The number of alkyl halides is 3. The Bertz CT molecular complexity index is 895. The van der Waals surface area contributed by atoms with E-state index in [1.54, 1.807) is 6.92 Å². The number of amides is 1. The molecule has 7 nitrogen and oxygen atoms in total. The lowest BCUT2D eigenvalue weighted by Crippen LogP contribution is -2.56. The largest absolute Gasteiger partial charge is 0.471 e. The number of aryl methyl sites for hydroxylation is 1. The Morgan fingerprint density at radius 2 is 2.00 bits per heavy atom. The molecule has 1 aliphatic rings. The number of carbonyl (C=O) groups excluding carboxylic acids is 1. The molecule has 1 aromatic heterocycles. The van der Waals surface area contributed by atoms with Gasteiger partial charge in [-0.15, -0.1) is 0 Å². The van der Waals surface area contributed by atoms with Gasteiger partial charge in [0, 0.05) is 23.3 Å². The minimum absolute atomic E-state index is 0.151. The van der Waals surface area contributed by atoms with Gasteiger partial charge in [-0.2, -0.15) is 13.2 Å². The second-order valence-electron chi connectivity index (χ2n) is 6.07. The average Bonchev–Trinajstić information content (AvgIpc) is 2.57. The Morgan fingerprint density at radius 3 is 2.63 bits per heavy atom. The highest BCUT2D eigenvalue weighted by Gasteiger charge is 2.35. The lowest BCUT2D eigenvalue weighted by molar-refractivity contribution is -0.385. The Hall–Kier alpha value is -3.17. The van der Waals surface area contributed by atoms with E-state index in [1.807, 2.05) is 0 Å². The van der Waals surface area contributed by atoms with E-state index in [0.29, 0.717) is 5.56 Å². The van der Waals surface area contributed by atoms with Gasteiger partial charge in [-0.05, 0) is 19.1 Å². The van der Waals surface area contributed by atoms with Crippen LogP contribution in [0.15, 0.2) is 36.4 Å². The average molecular weight is 381 g/mol. The first kappa shape index (κ1) is 18.6. The predicted octanol–water partition coefficient (Wildman–Crippen LogP) is 3.22. The molecule has 1 aliphatic heterocycles. The fourth-order valence-electron chi connectivity index (χ4n) is 2.61. The van der Waals surface area contributed by atoms with Crippen molar-refractivity contribution in [2.24, 2.45) is 0 Å². The van der Waals surface area contributed by atoms with Crippen molar-refractivity contribution in [1.82, 2.24) is 9.88 Å². The van der Waals surface area contributed by atoms with E-state index in [0.717, 1.165) is 6.07 Å². The van der Waals surface area contributed by atoms with Gasteiger partial charge in [0.2, 0.25) is 5.88 Å².